The molecule has 3 aromatic rings. The van der Waals surface area contributed by atoms with Crippen molar-refractivity contribution in [3.05, 3.63) is 46.9 Å². The highest BCUT2D eigenvalue weighted by Crippen LogP contribution is 2.41. The second-order valence-electron chi connectivity index (χ2n) is 9.57. The van der Waals surface area contributed by atoms with E-state index in [0.29, 0.717) is 15.0 Å². The topological polar surface area (TPSA) is 179 Å². The average molecular weight is 625 g/mol. The summed E-state index contributed by atoms with van der Waals surface area (Å²) in [5, 5.41) is 54.7. The van der Waals surface area contributed by atoms with E-state index in [1.54, 1.807) is 26.0 Å². The molecule has 0 aliphatic carbocycles. The minimum Gasteiger partial charge on any atom is -0.476 e. The fourth-order valence-electron chi connectivity index (χ4n) is 4.25. The molecule has 0 bridgehead atoms. The number of aliphatic carboxylic acids is 1. The number of carboxylic acid groups (broad SMARTS) is 1. The fraction of sp³-hybridized carbons (Fsp3) is 0.423. The lowest BCUT2D eigenvalue weighted by molar-refractivity contribution is -0.284. The number of fused-ring (bicyclic) bond motifs is 1. The number of aliphatic hydroxyl groups is 4. The van der Waals surface area contributed by atoms with Gasteiger partial charge in [-0.25, -0.2) is 9.78 Å². The molecule has 2 aromatic carbocycles. The molecule has 0 unspecified atom stereocenters. The molecule has 0 saturated carbocycles. The number of carbonyl (C=O) groups excluding carboxylic acids is 1. The third-order valence-corrected chi connectivity index (χ3v) is 7.95. The quantitative estimate of drug-likeness (QED) is 0.206. The summed E-state index contributed by atoms with van der Waals surface area (Å²) in [6.45, 7) is 2.35. The normalized spacial score (nSPS) is 24.9. The fourth-order valence-corrected chi connectivity index (χ4v) is 5.60. The van der Waals surface area contributed by atoms with Crippen LogP contribution in [0, 0.1) is 5.92 Å². The zero-order valence-electron chi connectivity index (χ0n) is 21.0. The number of ether oxygens (including phenoxy) is 2. The van der Waals surface area contributed by atoms with Crippen LogP contribution in [0.5, 0.6) is 5.75 Å². The first-order chi connectivity index (χ1) is 18.5. The van der Waals surface area contributed by atoms with E-state index >= 15 is 0 Å². The third-order valence-electron chi connectivity index (χ3n) is 6.39. The van der Waals surface area contributed by atoms with Gasteiger partial charge in [0.15, 0.2) is 0 Å². The molecule has 0 spiro atoms. The highest BCUT2D eigenvalue weighted by molar-refractivity contribution is 9.10. The van der Waals surface area contributed by atoms with Gasteiger partial charge < -0.3 is 40.3 Å². The predicted molar refractivity (Wildman–Crippen MR) is 145 cm³/mol. The van der Waals surface area contributed by atoms with Crippen molar-refractivity contribution in [3.8, 4) is 16.3 Å². The van der Waals surface area contributed by atoms with Crippen LogP contribution in [0.25, 0.3) is 20.8 Å². The van der Waals surface area contributed by atoms with Gasteiger partial charge in [0, 0.05) is 10.4 Å². The van der Waals surface area contributed by atoms with Crippen LogP contribution >= 0.6 is 27.3 Å². The number of thiazole rings is 1. The van der Waals surface area contributed by atoms with E-state index in [-0.39, 0.29) is 5.75 Å². The molecule has 1 amide bonds. The lowest BCUT2D eigenvalue weighted by Gasteiger charge is -2.46. The molecule has 1 aromatic heterocycles. The number of rotatable bonds is 9. The van der Waals surface area contributed by atoms with Gasteiger partial charge in [0.25, 0.3) is 0 Å². The molecule has 11 nitrogen and oxygen atoms in total. The van der Waals surface area contributed by atoms with Crippen molar-refractivity contribution in [2.45, 2.75) is 56.5 Å². The second-order valence-corrected chi connectivity index (χ2v) is 11.5. The van der Waals surface area contributed by atoms with Crippen molar-refractivity contribution >= 4 is 49.4 Å². The largest absolute Gasteiger partial charge is 0.476 e. The Bertz CT molecular complexity index is 1320. The Labute approximate surface area is 236 Å². The molecule has 1 saturated heterocycles. The maximum Gasteiger partial charge on any atom is 0.377 e. The molecule has 2 heterocycles. The lowest BCUT2D eigenvalue weighted by Crippen LogP contribution is -2.69. The van der Waals surface area contributed by atoms with Crippen LogP contribution in [0.4, 0.5) is 0 Å². The number of aliphatic hydroxyl groups excluding tert-OH is 4. The zero-order chi connectivity index (χ0) is 28.5. The van der Waals surface area contributed by atoms with Gasteiger partial charge in [-0.2, -0.15) is 0 Å². The number of nitrogens with zero attached hydrogens (tertiary/aromatic N) is 1. The van der Waals surface area contributed by atoms with Gasteiger partial charge in [0.1, 0.15) is 29.1 Å². The van der Waals surface area contributed by atoms with Crippen LogP contribution in [0.2, 0.25) is 0 Å². The van der Waals surface area contributed by atoms with Gasteiger partial charge >= 0.3 is 11.8 Å². The Balaban J connectivity index is 1.75. The summed E-state index contributed by atoms with van der Waals surface area (Å²) in [5.41, 5.74) is 1.19. The molecule has 4 rings (SSSR count). The standard InChI is InChI=1S/C26H29BrN2O9S/c1-12(2)23(34)29-20-16(31)10-26(25(35)36,38-22(20)21(33)17(32)11-30)37-18-8-7-13(27)9-14(18)24-28-15-5-3-4-6-19(15)39-24/h3-9,12,16-17,20-22,30-33H,10-11H2,1-2H3,(H,29,34)(H,35,36)/t16-,17+,20+,21+,22+,26+/m0/s1. The number of carbonyl (C=O) groups is 2. The predicted octanol–water partition coefficient (Wildman–Crippen LogP) is 1.89. The summed E-state index contributed by atoms with van der Waals surface area (Å²) in [6, 6.07) is 11.0. The number of halogens is 1. The van der Waals surface area contributed by atoms with E-state index in [0.717, 1.165) is 10.2 Å². The highest BCUT2D eigenvalue weighted by atomic mass is 79.9. The Kier molecular flexibility index (Phi) is 8.91. The average Bonchev–Trinajstić information content (AvgIpc) is 3.34. The van der Waals surface area contributed by atoms with Crippen LogP contribution in [-0.4, -0.2) is 85.2 Å². The van der Waals surface area contributed by atoms with Crippen LogP contribution in [0.1, 0.15) is 20.3 Å². The first kappa shape index (κ1) is 29.3. The molecular weight excluding hydrogens is 596 g/mol. The van der Waals surface area contributed by atoms with E-state index in [1.807, 2.05) is 24.3 Å². The van der Waals surface area contributed by atoms with Crippen molar-refractivity contribution in [3.63, 3.8) is 0 Å². The number of benzene rings is 2. The van der Waals surface area contributed by atoms with Crippen LogP contribution < -0.4 is 10.1 Å². The van der Waals surface area contributed by atoms with E-state index in [9.17, 15) is 35.1 Å². The van der Waals surface area contributed by atoms with E-state index in [2.05, 4.69) is 26.2 Å². The number of carboxylic acids is 1. The highest BCUT2D eigenvalue weighted by Gasteiger charge is 2.57. The Morgan fingerprint density at radius 2 is 1.97 bits per heavy atom. The summed E-state index contributed by atoms with van der Waals surface area (Å²) in [4.78, 5) is 29.7. The Hall–Kier alpha value is -2.65. The van der Waals surface area contributed by atoms with Gasteiger partial charge in [0.2, 0.25) is 5.91 Å². The van der Waals surface area contributed by atoms with Gasteiger partial charge in [-0.15, -0.1) is 11.3 Å². The number of hydrogen-bond acceptors (Lipinski definition) is 10. The van der Waals surface area contributed by atoms with Gasteiger partial charge in [-0.3, -0.25) is 4.79 Å². The SMILES string of the molecule is CC(C)C(=O)N[C@H]1[C@H]([C@H](O)[C@H](O)CO)O[C@@](Oc2ccc(Br)cc2-c2nc3ccccc3s2)(C(=O)O)C[C@@H]1O. The van der Waals surface area contributed by atoms with Crippen molar-refractivity contribution < 1.29 is 44.6 Å². The molecule has 6 N–H and O–H groups in total. The van der Waals surface area contributed by atoms with E-state index in [1.165, 1.54) is 17.4 Å². The first-order valence-corrected chi connectivity index (χ1v) is 13.8. The third kappa shape index (κ3) is 6.09. The molecule has 1 aliphatic rings. The summed E-state index contributed by atoms with van der Waals surface area (Å²) in [6.07, 6.45) is -7.48. The van der Waals surface area contributed by atoms with Gasteiger partial charge in [-0.1, -0.05) is 41.9 Å². The molecule has 39 heavy (non-hydrogen) atoms. The molecule has 6 atom stereocenters. The van der Waals surface area contributed by atoms with E-state index < -0.39 is 67.1 Å². The number of amides is 1. The van der Waals surface area contributed by atoms with Crippen LogP contribution in [0.15, 0.2) is 46.9 Å². The number of para-hydroxylation sites is 1. The monoisotopic (exact) mass is 624 g/mol. The number of nitrogens with one attached hydrogen (secondary N) is 1. The van der Waals surface area contributed by atoms with Crippen molar-refractivity contribution in [2.24, 2.45) is 5.92 Å². The number of hydrogen-bond donors (Lipinski definition) is 6. The summed E-state index contributed by atoms with van der Waals surface area (Å²) >= 11 is 4.79. The Morgan fingerprint density at radius 1 is 1.26 bits per heavy atom. The summed E-state index contributed by atoms with van der Waals surface area (Å²) in [5.74, 6) is -5.05. The van der Waals surface area contributed by atoms with Gasteiger partial charge in [-0.05, 0) is 30.3 Å². The Morgan fingerprint density at radius 3 is 2.62 bits per heavy atom. The minimum absolute atomic E-state index is 0.0764. The van der Waals surface area contributed by atoms with Crippen molar-refractivity contribution in [1.82, 2.24) is 10.3 Å². The van der Waals surface area contributed by atoms with Crippen LogP contribution in [0.3, 0.4) is 0 Å². The molecule has 1 aliphatic heterocycles. The molecular formula is C26H29BrN2O9S. The van der Waals surface area contributed by atoms with Gasteiger partial charge in [0.05, 0.1) is 41.0 Å². The molecule has 1 fully saturated rings. The minimum atomic E-state index is -2.53. The van der Waals surface area contributed by atoms with Crippen molar-refractivity contribution in [1.29, 1.82) is 0 Å². The zero-order valence-corrected chi connectivity index (χ0v) is 23.4. The summed E-state index contributed by atoms with van der Waals surface area (Å²) < 4.78 is 13.4. The second kappa shape index (κ2) is 11.8. The van der Waals surface area contributed by atoms with E-state index in [4.69, 9.17) is 9.47 Å². The first-order valence-electron chi connectivity index (χ1n) is 12.2. The van der Waals surface area contributed by atoms with Crippen molar-refractivity contribution in [2.75, 3.05) is 6.61 Å². The maximum atomic E-state index is 12.7. The number of aromatic nitrogens is 1. The molecule has 210 valence electrons. The molecule has 0 radical (unpaired) electrons. The van der Waals surface area contributed by atoms with Crippen LogP contribution in [-0.2, 0) is 14.3 Å². The lowest BCUT2D eigenvalue weighted by atomic mass is 9.88. The summed E-state index contributed by atoms with van der Waals surface area (Å²) in [7, 11) is 0. The smallest absolute Gasteiger partial charge is 0.377 e. The molecule has 13 heteroatoms. The maximum absolute atomic E-state index is 12.7.